The maximum atomic E-state index is 13.8. The molecule has 5 heteroatoms. The highest BCUT2D eigenvalue weighted by atomic mass is 19.1. The molecule has 0 aromatic heterocycles. The molecule has 20 heavy (non-hydrogen) atoms. The molecule has 2 fully saturated rings. The van der Waals surface area contributed by atoms with Crippen LogP contribution in [0.1, 0.15) is 25.7 Å². The number of benzene rings is 1. The molecule has 2 saturated heterocycles. The van der Waals surface area contributed by atoms with Gasteiger partial charge in [0.1, 0.15) is 5.82 Å². The molecular formula is C15H19FN2O2. The van der Waals surface area contributed by atoms with Crippen molar-refractivity contribution in [3.05, 3.63) is 30.1 Å². The Kier molecular flexibility index (Phi) is 3.38. The van der Waals surface area contributed by atoms with Gasteiger partial charge in [-0.25, -0.2) is 9.18 Å². The van der Waals surface area contributed by atoms with Crippen molar-refractivity contribution >= 4 is 11.7 Å². The van der Waals surface area contributed by atoms with Gasteiger partial charge in [0.05, 0.1) is 5.69 Å². The van der Waals surface area contributed by atoms with Gasteiger partial charge < -0.3 is 10.4 Å². The number of rotatable bonds is 3. The number of hydrogen-bond acceptors (Lipinski definition) is 3. The normalized spacial score (nSPS) is 29.9. The van der Waals surface area contributed by atoms with E-state index in [0.29, 0.717) is 6.42 Å². The summed E-state index contributed by atoms with van der Waals surface area (Å²) in [5, 5.41) is 12.7. The number of piperidine rings is 1. The monoisotopic (exact) mass is 278 g/mol. The van der Waals surface area contributed by atoms with E-state index in [1.807, 2.05) is 0 Å². The number of nitrogens with zero attached hydrogens (tertiary/aromatic N) is 1. The average molecular weight is 278 g/mol. The van der Waals surface area contributed by atoms with Crippen LogP contribution in [-0.4, -0.2) is 40.6 Å². The van der Waals surface area contributed by atoms with E-state index in [1.165, 1.54) is 6.07 Å². The number of anilines is 1. The van der Waals surface area contributed by atoms with Gasteiger partial charge in [0.25, 0.3) is 0 Å². The van der Waals surface area contributed by atoms with E-state index in [-0.39, 0.29) is 11.7 Å². The van der Waals surface area contributed by atoms with Crippen LogP contribution in [0.4, 0.5) is 10.1 Å². The van der Waals surface area contributed by atoms with Crippen LogP contribution < -0.4 is 5.32 Å². The third-order valence-electron chi connectivity index (χ3n) is 4.59. The summed E-state index contributed by atoms with van der Waals surface area (Å²) in [6, 6.07) is 6.23. The number of para-hydroxylation sites is 1. The van der Waals surface area contributed by atoms with E-state index >= 15 is 0 Å². The molecule has 2 atom stereocenters. The molecule has 0 amide bonds. The topological polar surface area (TPSA) is 52.6 Å². The van der Waals surface area contributed by atoms with Crippen molar-refractivity contribution in [3.8, 4) is 0 Å². The number of aliphatic carboxylic acids is 1. The van der Waals surface area contributed by atoms with Crippen molar-refractivity contribution in [2.24, 2.45) is 0 Å². The van der Waals surface area contributed by atoms with Crippen LogP contribution >= 0.6 is 0 Å². The highest BCUT2D eigenvalue weighted by molar-refractivity contribution is 5.84. The molecule has 2 heterocycles. The third-order valence-corrected chi connectivity index (χ3v) is 4.59. The number of carbonyl (C=O) groups is 1. The van der Waals surface area contributed by atoms with Gasteiger partial charge in [-0.3, -0.25) is 4.90 Å². The quantitative estimate of drug-likeness (QED) is 0.891. The highest BCUT2D eigenvalue weighted by Gasteiger charge is 2.53. The van der Waals surface area contributed by atoms with Crippen molar-refractivity contribution in [3.63, 3.8) is 0 Å². The highest BCUT2D eigenvalue weighted by Crippen LogP contribution is 2.38. The Labute approximate surface area is 117 Å². The van der Waals surface area contributed by atoms with Gasteiger partial charge in [-0.05, 0) is 37.9 Å². The second-order valence-electron chi connectivity index (χ2n) is 5.68. The molecule has 2 unspecified atom stereocenters. The van der Waals surface area contributed by atoms with Crippen molar-refractivity contribution in [2.75, 3.05) is 18.4 Å². The van der Waals surface area contributed by atoms with Crippen LogP contribution in [0.25, 0.3) is 0 Å². The van der Waals surface area contributed by atoms with Crippen LogP contribution in [0.3, 0.4) is 0 Å². The third kappa shape index (κ3) is 2.06. The van der Waals surface area contributed by atoms with Crippen molar-refractivity contribution in [1.82, 2.24) is 4.90 Å². The number of halogens is 1. The molecule has 1 aromatic carbocycles. The molecule has 0 radical (unpaired) electrons. The molecule has 2 aliphatic heterocycles. The summed E-state index contributed by atoms with van der Waals surface area (Å²) in [7, 11) is 0. The molecule has 0 aliphatic carbocycles. The maximum absolute atomic E-state index is 13.8. The zero-order valence-electron chi connectivity index (χ0n) is 11.3. The minimum absolute atomic E-state index is 0.0478. The summed E-state index contributed by atoms with van der Waals surface area (Å²) in [6.45, 7) is 1.71. The lowest BCUT2D eigenvalue weighted by Crippen LogP contribution is -2.57. The fourth-order valence-corrected chi connectivity index (χ4v) is 3.55. The average Bonchev–Trinajstić information content (AvgIpc) is 2.82. The molecule has 1 aromatic rings. The number of fused-ring (bicyclic) bond motifs is 1. The summed E-state index contributed by atoms with van der Waals surface area (Å²) in [4.78, 5) is 14.1. The molecule has 108 valence electrons. The second-order valence-corrected chi connectivity index (χ2v) is 5.68. The van der Waals surface area contributed by atoms with Gasteiger partial charge in [0.15, 0.2) is 5.54 Å². The second kappa shape index (κ2) is 5.05. The van der Waals surface area contributed by atoms with Crippen LogP contribution in [0, 0.1) is 5.82 Å². The van der Waals surface area contributed by atoms with E-state index in [2.05, 4.69) is 10.2 Å². The summed E-state index contributed by atoms with van der Waals surface area (Å²) in [6.07, 6.45) is 3.52. The first-order valence-corrected chi connectivity index (χ1v) is 7.14. The molecule has 3 rings (SSSR count). The van der Waals surface area contributed by atoms with E-state index in [4.69, 9.17) is 0 Å². The molecule has 0 spiro atoms. The summed E-state index contributed by atoms with van der Waals surface area (Å²) < 4.78 is 13.8. The fraction of sp³-hybridized carbons (Fsp3) is 0.533. The van der Waals surface area contributed by atoms with Crippen molar-refractivity contribution in [2.45, 2.75) is 37.3 Å². The molecule has 0 saturated carbocycles. The van der Waals surface area contributed by atoms with Gasteiger partial charge in [-0.2, -0.15) is 0 Å². The van der Waals surface area contributed by atoms with Crippen LogP contribution in [0.15, 0.2) is 24.3 Å². The molecule has 2 N–H and O–H groups in total. The predicted octanol–water partition coefficient (Wildman–Crippen LogP) is 2.32. The summed E-state index contributed by atoms with van der Waals surface area (Å²) in [5.41, 5.74) is -0.787. The number of carboxylic acid groups (broad SMARTS) is 1. The predicted molar refractivity (Wildman–Crippen MR) is 74.2 cm³/mol. The van der Waals surface area contributed by atoms with E-state index < -0.39 is 17.3 Å². The lowest BCUT2D eigenvalue weighted by atomic mass is 9.85. The first-order valence-electron chi connectivity index (χ1n) is 7.14. The number of hydrogen-bond donors (Lipinski definition) is 2. The van der Waals surface area contributed by atoms with Gasteiger partial charge in [0, 0.05) is 12.6 Å². The molecule has 2 aliphatic rings. The number of carboxylic acids is 1. The molecular weight excluding hydrogens is 259 g/mol. The number of nitrogens with one attached hydrogen (secondary N) is 1. The Morgan fingerprint density at radius 3 is 2.90 bits per heavy atom. The van der Waals surface area contributed by atoms with Crippen LogP contribution in [0.5, 0.6) is 0 Å². The standard InChI is InChI=1S/C15H19FN2O2/c16-11-5-1-2-6-12(11)17-15(14(19)20)8-10-18-9-4-3-7-13(15)18/h1-2,5-6,13,17H,3-4,7-10H2,(H,19,20). The first-order chi connectivity index (χ1) is 9.63. The summed E-state index contributed by atoms with van der Waals surface area (Å²) >= 11 is 0. The minimum Gasteiger partial charge on any atom is -0.479 e. The first kappa shape index (κ1) is 13.4. The van der Waals surface area contributed by atoms with Crippen LogP contribution in [-0.2, 0) is 4.79 Å². The largest absolute Gasteiger partial charge is 0.479 e. The smallest absolute Gasteiger partial charge is 0.331 e. The zero-order chi connectivity index (χ0) is 14.2. The molecule has 0 bridgehead atoms. The maximum Gasteiger partial charge on any atom is 0.331 e. The molecule has 4 nitrogen and oxygen atoms in total. The van der Waals surface area contributed by atoms with E-state index in [0.717, 1.165) is 32.4 Å². The lowest BCUT2D eigenvalue weighted by molar-refractivity contribution is -0.143. The fourth-order valence-electron chi connectivity index (χ4n) is 3.55. The van der Waals surface area contributed by atoms with Crippen LogP contribution in [0.2, 0.25) is 0 Å². The van der Waals surface area contributed by atoms with Crippen molar-refractivity contribution in [1.29, 1.82) is 0 Å². The van der Waals surface area contributed by atoms with Gasteiger partial charge in [-0.15, -0.1) is 0 Å². The Morgan fingerprint density at radius 2 is 2.15 bits per heavy atom. The van der Waals surface area contributed by atoms with E-state index in [1.54, 1.807) is 18.2 Å². The van der Waals surface area contributed by atoms with Crippen molar-refractivity contribution < 1.29 is 14.3 Å². The summed E-state index contributed by atoms with van der Waals surface area (Å²) in [5.74, 6) is -1.28. The SMILES string of the molecule is O=C(O)C1(Nc2ccccc2F)CCN2CCCCC21. The Hall–Kier alpha value is -1.62. The lowest BCUT2D eigenvalue weighted by Gasteiger charge is -2.39. The Balaban J connectivity index is 1.93. The Morgan fingerprint density at radius 1 is 1.35 bits per heavy atom. The minimum atomic E-state index is -1.07. The van der Waals surface area contributed by atoms with E-state index in [9.17, 15) is 14.3 Å². The zero-order valence-corrected chi connectivity index (χ0v) is 11.3. The van der Waals surface area contributed by atoms with Gasteiger partial charge in [-0.1, -0.05) is 18.6 Å². The Bertz CT molecular complexity index is 522. The van der Waals surface area contributed by atoms with Gasteiger partial charge in [0.2, 0.25) is 0 Å². The van der Waals surface area contributed by atoms with Gasteiger partial charge >= 0.3 is 5.97 Å².